The lowest BCUT2D eigenvalue weighted by Gasteiger charge is -2.25. The zero-order valence-corrected chi connectivity index (χ0v) is 11.7. The highest BCUT2D eigenvalue weighted by molar-refractivity contribution is 5.86. The van der Waals surface area contributed by atoms with Crippen molar-refractivity contribution in [3.8, 4) is 11.4 Å². The molecule has 0 bridgehead atoms. The molecular formula is C16H17N5. The van der Waals surface area contributed by atoms with Crippen LogP contribution in [0.25, 0.3) is 22.2 Å². The molecule has 1 fully saturated rings. The molecule has 5 nitrogen and oxygen atoms in total. The third-order valence-electron chi connectivity index (χ3n) is 3.90. The second-order valence-electron chi connectivity index (χ2n) is 5.28. The van der Waals surface area contributed by atoms with E-state index >= 15 is 0 Å². The largest absolute Gasteiger partial charge is 0.337 e. The fourth-order valence-electron chi connectivity index (χ4n) is 2.72. The highest BCUT2D eigenvalue weighted by atomic mass is 15.4. The maximum Gasteiger partial charge on any atom is 0.245 e. The molecule has 4 rings (SSSR count). The fraction of sp³-hybridized carbons (Fsp3) is 0.250. The van der Waals surface area contributed by atoms with E-state index in [1.165, 1.54) is 10.8 Å². The van der Waals surface area contributed by atoms with Crippen molar-refractivity contribution in [2.24, 2.45) is 0 Å². The van der Waals surface area contributed by atoms with Crippen molar-refractivity contribution in [1.29, 1.82) is 0 Å². The van der Waals surface area contributed by atoms with Crippen LogP contribution in [0.1, 0.15) is 0 Å². The van der Waals surface area contributed by atoms with Gasteiger partial charge in [-0.2, -0.15) is 4.98 Å². The molecule has 0 unspecified atom stereocenters. The van der Waals surface area contributed by atoms with E-state index in [4.69, 9.17) is 0 Å². The lowest BCUT2D eigenvalue weighted by atomic mass is 10.1. The molecule has 0 radical (unpaired) electrons. The van der Waals surface area contributed by atoms with Crippen molar-refractivity contribution in [3.63, 3.8) is 0 Å². The quantitative estimate of drug-likeness (QED) is 0.753. The van der Waals surface area contributed by atoms with Crippen molar-refractivity contribution in [3.05, 3.63) is 42.5 Å². The van der Waals surface area contributed by atoms with Gasteiger partial charge in [0, 0.05) is 31.7 Å². The van der Waals surface area contributed by atoms with Crippen molar-refractivity contribution in [1.82, 2.24) is 20.5 Å². The molecule has 5 heteroatoms. The molecule has 2 aromatic carbocycles. The summed E-state index contributed by atoms with van der Waals surface area (Å²) in [5, 5.41) is 13.2. The Bertz CT molecular complexity index is 758. The summed E-state index contributed by atoms with van der Waals surface area (Å²) in [5.41, 5.74) is 1.07. The highest BCUT2D eigenvalue weighted by Crippen LogP contribution is 2.23. The van der Waals surface area contributed by atoms with E-state index in [0.717, 1.165) is 43.5 Å². The molecule has 106 valence electrons. The predicted molar refractivity (Wildman–Crippen MR) is 84.4 cm³/mol. The maximum absolute atomic E-state index is 4.64. The van der Waals surface area contributed by atoms with Crippen LogP contribution in [0.2, 0.25) is 0 Å². The Hall–Kier alpha value is -2.40. The Morgan fingerprint density at radius 1 is 0.952 bits per heavy atom. The van der Waals surface area contributed by atoms with E-state index in [9.17, 15) is 0 Å². The number of hydrogen-bond donors (Lipinski definition) is 2. The average Bonchev–Trinajstić information content (AvgIpc) is 3.05. The van der Waals surface area contributed by atoms with Crippen molar-refractivity contribution >= 4 is 16.7 Å². The summed E-state index contributed by atoms with van der Waals surface area (Å²) in [6.45, 7) is 3.88. The van der Waals surface area contributed by atoms with Gasteiger partial charge in [0.2, 0.25) is 5.95 Å². The molecule has 1 aliphatic rings. The van der Waals surface area contributed by atoms with Crippen LogP contribution in [0, 0.1) is 0 Å². The standard InChI is InChI=1S/C16H17N5/c1-2-4-13-11-14(6-5-12(13)3-1)15-18-16(20-19-15)21-9-7-17-8-10-21/h1-6,11,17H,7-10H2,(H,18,19,20). The summed E-state index contributed by atoms with van der Waals surface area (Å²) in [4.78, 5) is 6.85. The molecule has 21 heavy (non-hydrogen) atoms. The maximum atomic E-state index is 4.64. The second-order valence-corrected chi connectivity index (χ2v) is 5.28. The van der Waals surface area contributed by atoms with Gasteiger partial charge in [-0.15, -0.1) is 5.10 Å². The van der Waals surface area contributed by atoms with E-state index < -0.39 is 0 Å². The first-order chi connectivity index (χ1) is 10.4. The Kier molecular flexibility index (Phi) is 3.05. The molecule has 0 amide bonds. The number of benzene rings is 2. The molecule has 0 spiro atoms. The summed E-state index contributed by atoms with van der Waals surface area (Å²) in [7, 11) is 0. The average molecular weight is 279 g/mol. The summed E-state index contributed by atoms with van der Waals surface area (Å²) >= 11 is 0. The first-order valence-electron chi connectivity index (χ1n) is 7.27. The first kappa shape index (κ1) is 12.3. The molecule has 0 aliphatic carbocycles. The minimum absolute atomic E-state index is 0.791. The van der Waals surface area contributed by atoms with Gasteiger partial charge in [-0.25, -0.2) is 0 Å². The van der Waals surface area contributed by atoms with Gasteiger partial charge in [0.25, 0.3) is 0 Å². The van der Waals surface area contributed by atoms with E-state index in [-0.39, 0.29) is 0 Å². The van der Waals surface area contributed by atoms with Gasteiger partial charge in [-0.3, -0.25) is 5.10 Å². The van der Waals surface area contributed by atoms with Gasteiger partial charge < -0.3 is 10.2 Å². The highest BCUT2D eigenvalue weighted by Gasteiger charge is 2.15. The van der Waals surface area contributed by atoms with E-state index in [2.05, 4.69) is 67.9 Å². The lowest BCUT2D eigenvalue weighted by molar-refractivity contribution is 0.580. The normalized spacial score (nSPS) is 15.5. The number of hydrogen-bond acceptors (Lipinski definition) is 4. The van der Waals surface area contributed by atoms with Gasteiger partial charge in [-0.05, 0) is 16.8 Å². The molecule has 1 aromatic heterocycles. The van der Waals surface area contributed by atoms with Crippen LogP contribution in [-0.2, 0) is 0 Å². The van der Waals surface area contributed by atoms with Crippen molar-refractivity contribution < 1.29 is 0 Å². The third-order valence-corrected chi connectivity index (χ3v) is 3.90. The SMILES string of the molecule is c1ccc2cc(-c3nc(N4CCNCC4)n[nH]3)ccc2c1. The smallest absolute Gasteiger partial charge is 0.245 e. The number of fused-ring (bicyclic) bond motifs is 1. The number of anilines is 1. The zero-order chi connectivity index (χ0) is 14.1. The van der Waals surface area contributed by atoms with Crippen LogP contribution in [0.4, 0.5) is 5.95 Å². The van der Waals surface area contributed by atoms with Crippen LogP contribution >= 0.6 is 0 Å². The number of nitrogens with zero attached hydrogens (tertiary/aromatic N) is 3. The molecule has 0 saturated carbocycles. The first-order valence-corrected chi connectivity index (χ1v) is 7.27. The van der Waals surface area contributed by atoms with Crippen LogP contribution in [0.15, 0.2) is 42.5 Å². The molecule has 0 atom stereocenters. The Labute approximate surface area is 123 Å². The monoisotopic (exact) mass is 279 g/mol. The number of rotatable bonds is 2. The minimum atomic E-state index is 0.791. The number of piperazine rings is 1. The Balaban J connectivity index is 1.67. The second kappa shape index (κ2) is 5.18. The van der Waals surface area contributed by atoms with Gasteiger partial charge in [0.05, 0.1) is 0 Å². The molecule has 1 aliphatic heterocycles. The molecular weight excluding hydrogens is 262 g/mol. The topological polar surface area (TPSA) is 56.8 Å². The number of aromatic amines is 1. The number of aromatic nitrogens is 3. The predicted octanol–water partition coefficient (Wildman–Crippen LogP) is 2.03. The molecule has 2 N–H and O–H groups in total. The van der Waals surface area contributed by atoms with Gasteiger partial charge in [0.1, 0.15) is 0 Å². The van der Waals surface area contributed by atoms with Crippen LogP contribution in [0.3, 0.4) is 0 Å². The minimum Gasteiger partial charge on any atom is -0.337 e. The van der Waals surface area contributed by atoms with Gasteiger partial charge in [0.15, 0.2) is 5.82 Å². The van der Waals surface area contributed by atoms with E-state index in [0.29, 0.717) is 0 Å². The van der Waals surface area contributed by atoms with Crippen LogP contribution in [-0.4, -0.2) is 41.4 Å². The molecule has 2 heterocycles. The van der Waals surface area contributed by atoms with Gasteiger partial charge in [-0.1, -0.05) is 36.4 Å². The van der Waals surface area contributed by atoms with Crippen molar-refractivity contribution in [2.75, 3.05) is 31.1 Å². The summed E-state index contributed by atoms with van der Waals surface area (Å²) < 4.78 is 0. The van der Waals surface area contributed by atoms with Crippen LogP contribution in [0.5, 0.6) is 0 Å². The lowest BCUT2D eigenvalue weighted by Crippen LogP contribution is -2.44. The summed E-state index contributed by atoms with van der Waals surface area (Å²) in [6, 6.07) is 14.7. The third kappa shape index (κ3) is 2.36. The Morgan fingerprint density at radius 2 is 1.76 bits per heavy atom. The zero-order valence-electron chi connectivity index (χ0n) is 11.7. The van der Waals surface area contributed by atoms with E-state index in [1.54, 1.807) is 0 Å². The summed E-state index contributed by atoms with van der Waals surface area (Å²) in [6.07, 6.45) is 0. The van der Waals surface area contributed by atoms with Gasteiger partial charge >= 0.3 is 0 Å². The summed E-state index contributed by atoms with van der Waals surface area (Å²) in [5.74, 6) is 1.62. The number of H-pyrrole nitrogens is 1. The molecule has 1 saturated heterocycles. The van der Waals surface area contributed by atoms with E-state index in [1.807, 2.05) is 0 Å². The molecule has 3 aromatic rings. The van der Waals surface area contributed by atoms with Crippen LogP contribution < -0.4 is 10.2 Å². The fourth-order valence-corrected chi connectivity index (χ4v) is 2.72. The van der Waals surface area contributed by atoms with Crippen molar-refractivity contribution in [2.45, 2.75) is 0 Å². The Morgan fingerprint density at radius 3 is 2.62 bits per heavy atom. The number of nitrogens with one attached hydrogen (secondary N) is 2.